The van der Waals surface area contributed by atoms with Crippen LogP contribution in [-0.2, 0) is 6.54 Å². The monoisotopic (exact) mass is 490 g/mol. The minimum Gasteiger partial charge on any atom is -0.351 e. The van der Waals surface area contributed by atoms with Crippen molar-refractivity contribution in [3.05, 3.63) is 112 Å². The molecule has 34 heavy (non-hydrogen) atoms. The van der Waals surface area contributed by atoms with E-state index in [2.05, 4.69) is 10.5 Å². The molecule has 0 saturated carbocycles. The number of hydrogen-bond acceptors (Lipinski definition) is 4. The summed E-state index contributed by atoms with van der Waals surface area (Å²) >= 11 is 11.7. The van der Waals surface area contributed by atoms with Gasteiger partial charge in [0.25, 0.3) is 5.89 Å². The van der Waals surface area contributed by atoms with Crippen molar-refractivity contribution in [2.24, 2.45) is 0 Å². The maximum Gasteiger partial charge on any atom is 0.258 e. The third-order valence-electron chi connectivity index (χ3n) is 5.74. The van der Waals surface area contributed by atoms with E-state index in [9.17, 15) is 4.39 Å². The lowest BCUT2D eigenvalue weighted by molar-refractivity contribution is 0.396. The first-order valence-electron chi connectivity index (χ1n) is 10.7. The van der Waals surface area contributed by atoms with Gasteiger partial charge < -0.3 is 14.7 Å². The second kappa shape index (κ2) is 9.37. The van der Waals surface area contributed by atoms with Crippen LogP contribution in [0.1, 0.15) is 30.0 Å². The van der Waals surface area contributed by atoms with Gasteiger partial charge in [-0.05, 0) is 66.7 Å². The average Bonchev–Trinajstić information content (AvgIpc) is 3.33. The van der Waals surface area contributed by atoms with Crippen molar-refractivity contribution in [3.8, 4) is 11.4 Å². The summed E-state index contributed by atoms with van der Waals surface area (Å²) in [5, 5.41) is 8.84. The first-order chi connectivity index (χ1) is 16.5. The number of halogens is 2. The van der Waals surface area contributed by atoms with Crippen LogP contribution in [0.15, 0.2) is 89.1 Å². The minimum absolute atomic E-state index is 0.267. The number of rotatable bonds is 5. The molecule has 1 unspecified atom stereocenters. The summed E-state index contributed by atoms with van der Waals surface area (Å²) in [4.78, 5) is 6.66. The summed E-state index contributed by atoms with van der Waals surface area (Å²) in [5.74, 6) is 0.591. The molecule has 1 aliphatic heterocycles. The molecule has 0 bridgehead atoms. The van der Waals surface area contributed by atoms with Gasteiger partial charge in [-0.25, -0.2) is 4.39 Å². The Hall–Kier alpha value is -3.55. The molecule has 1 N–H and O–H groups in total. The first-order valence-corrected chi connectivity index (χ1v) is 11.5. The molecule has 0 radical (unpaired) electrons. The van der Waals surface area contributed by atoms with Crippen molar-refractivity contribution in [1.29, 1.82) is 0 Å². The van der Waals surface area contributed by atoms with Crippen LogP contribution < -0.4 is 5.32 Å². The first kappa shape index (κ1) is 22.3. The number of benzene rings is 3. The van der Waals surface area contributed by atoms with Crippen LogP contribution in [0.5, 0.6) is 0 Å². The Morgan fingerprint density at radius 2 is 1.74 bits per heavy atom. The fraction of sp³-hybridized carbons (Fsp3) is 0.115. The van der Waals surface area contributed by atoms with E-state index < -0.39 is 0 Å². The summed E-state index contributed by atoms with van der Waals surface area (Å²) in [5.41, 5.74) is 4.46. The molecule has 0 amide bonds. The van der Waals surface area contributed by atoms with Crippen LogP contribution in [0.25, 0.3) is 17.0 Å². The zero-order valence-corrected chi connectivity index (χ0v) is 19.8. The Balaban J connectivity index is 1.58. The largest absolute Gasteiger partial charge is 0.351 e. The number of thiocarbonyl (C=S) groups is 1. The number of nitrogens with one attached hydrogen (secondary N) is 1. The van der Waals surface area contributed by atoms with E-state index in [0.717, 1.165) is 28.0 Å². The molecule has 1 aromatic heterocycles. The lowest BCUT2D eigenvalue weighted by atomic mass is 9.94. The summed E-state index contributed by atoms with van der Waals surface area (Å²) in [6, 6.07) is 23.4. The maximum atomic E-state index is 13.4. The highest BCUT2D eigenvalue weighted by atomic mass is 35.5. The van der Waals surface area contributed by atoms with Gasteiger partial charge in [0.1, 0.15) is 5.82 Å². The fourth-order valence-corrected chi connectivity index (χ4v) is 4.41. The van der Waals surface area contributed by atoms with E-state index in [1.807, 2.05) is 54.3 Å². The second-order valence-electron chi connectivity index (χ2n) is 7.93. The standard InChI is InChI=1S/C26H20ClFN4OS/c1-16-22(25-30-24(31-33-25)19-9-11-20(27)12-10-19)23(18-5-3-2-4-6-18)29-26(34)32(16)15-17-7-13-21(28)14-8-17/h2-14,23H,15H2,1H3,(H,29,34). The molecule has 0 spiro atoms. The molecule has 5 nitrogen and oxygen atoms in total. The topological polar surface area (TPSA) is 54.2 Å². The van der Waals surface area contributed by atoms with Gasteiger partial charge in [0, 0.05) is 22.8 Å². The summed E-state index contributed by atoms with van der Waals surface area (Å²) in [6.45, 7) is 2.45. The lowest BCUT2D eigenvalue weighted by Crippen LogP contribution is -2.45. The number of hydrogen-bond donors (Lipinski definition) is 1. The molecule has 0 saturated heterocycles. The van der Waals surface area contributed by atoms with Gasteiger partial charge in [-0.15, -0.1) is 0 Å². The summed E-state index contributed by atoms with van der Waals surface area (Å²) < 4.78 is 19.2. The molecule has 4 aromatic rings. The van der Waals surface area contributed by atoms with Gasteiger partial charge in [0.05, 0.1) is 11.6 Å². The summed E-state index contributed by atoms with van der Waals surface area (Å²) in [7, 11) is 0. The summed E-state index contributed by atoms with van der Waals surface area (Å²) in [6.07, 6.45) is 0. The van der Waals surface area contributed by atoms with Crippen LogP contribution >= 0.6 is 23.8 Å². The van der Waals surface area contributed by atoms with E-state index in [1.165, 1.54) is 12.1 Å². The van der Waals surface area contributed by atoms with Crippen LogP contribution in [0.2, 0.25) is 5.02 Å². The van der Waals surface area contributed by atoms with E-state index in [1.54, 1.807) is 24.3 Å². The van der Waals surface area contributed by atoms with Gasteiger partial charge in [-0.2, -0.15) is 4.98 Å². The number of aromatic nitrogens is 2. The van der Waals surface area contributed by atoms with E-state index >= 15 is 0 Å². The van der Waals surface area contributed by atoms with Gasteiger partial charge in [0.15, 0.2) is 5.11 Å². The molecule has 0 fully saturated rings. The Kier molecular flexibility index (Phi) is 6.13. The third-order valence-corrected chi connectivity index (χ3v) is 6.33. The zero-order valence-electron chi connectivity index (χ0n) is 18.2. The predicted molar refractivity (Wildman–Crippen MR) is 134 cm³/mol. The van der Waals surface area contributed by atoms with Crippen molar-refractivity contribution in [2.45, 2.75) is 19.5 Å². The quantitative estimate of drug-likeness (QED) is 0.327. The van der Waals surface area contributed by atoms with Crippen LogP contribution in [0.4, 0.5) is 4.39 Å². The molecular formula is C26H20ClFN4OS. The van der Waals surface area contributed by atoms with Crippen LogP contribution in [-0.4, -0.2) is 20.2 Å². The third kappa shape index (κ3) is 4.44. The Bertz CT molecular complexity index is 1350. The Morgan fingerprint density at radius 1 is 1.03 bits per heavy atom. The van der Waals surface area contributed by atoms with Crippen LogP contribution in [0.3, 0.4) is 0 Å². The molecule has 2 heterocycles. The highest BCUT2D eigenvalue weighted by Crippen LogP contribution is 2.38. The highest BCUT2D eigenvalue weighted by Gasteiger charge is 2.34. The lowest BCUT2D eigenvalue weighted by Gasteiger charge is -2.37. The van der Waals surface area contributed by atoms with Gasteiger partial charge in [-0.3, -0.25) is 0 Å². The maximum absolute atomic E-state index is 13.4. The minimum atomic E-state index is -0.277. The molecular weight excluding hydrogens is 471 g/mol. The second-order valence-corrected chi connectivity index (χ2v) is 8.76. The van der Waals surface area contributed by atoms with Crippen LogP contribution in [0, 0.1) is 5.82 Å². The number of allylic oxidation sites excluding steroid dienone is 1. The SMILES string of the molecule is CC1=C(c2nc(-c3ccc(Cl)cc3)no2)C(c2ccccc2)NC(=S)N1Cc1ccc(F)cc1. The molecule has 0 aliphatic carbocycles. The van der Waals surface area contributed by atoms with Crippen molar-refractivity contribution < 1.29 is 8.91 Å². The van der Waals surface area contributed by atoms with E-state index in [-0.39, 0.29) is 11.9 Å². The van der Waals surface area contributed by atoms with Crippen molar-refractivity contribution in [2.75, 3.05) is 0 Å². The smallest absolute Gasteiger partial charge is 0.258 e. The fourth-order valence-electron chi connectivity index (χ4n) is 3.97. The molecule has 170 valence electrons. The Labute approximate surface area is 206 Å². The predicted octanol–water partition coefficient (Wildman–Crippen LogP) is 6.39. The zero-order chi connectivity index (χ0) is 23.7. The Morgan fingerprint density at radius 3 is 2.44 bits per heavy atom. The molecule has 5 rings (SSSR count). The highest BCUT2D eigenvalue weighted by molar-refractivity contribution is 7.80. The molecule has 8 heteroatoms. The normalized spacial score (nSPS) is 16.0. The average molecular weight is 491 g/mol. The van der Waals surface area contributed by atoms with Crippen molar-refractivity contribution >= 4 is 34.5 Å². The van der Waals surface area contributed by atoms with Gasteiger partial charge in [0.2, 0.25) is 5.82 Å². The molecule has 3 aromatic carbocycles. The van der Waals surface area contributed by atoms with Crippen molar-refractivity contribution in [1.82, 2.24) is 20.4 Å². The number of nitrogens with zero attached hydrogens (tertiary/aromatic N) is 3. The van der Waals surface area contributed by atoms with Gasteiger partial charge >= 0.3 is 0 Å². The van der Waals surface area contributed by atoms with E-state index in [4.69, 9.17) is 33.3 Å². The van der Waals surface area contributed by atoms with Gasteiger partial charge in [-0.1, -0.05) is 59.2 Å². The molecule has 1 aliphatic rings. The van der Waals surface area contributed by atoms with Crippen molar-refractivity contribution in [3.63, 3.8) is 0 Å². The molecule has 1 atom stereocenters. The van der Waals surface area contributed by atoms with E-state index in [0.29, 0.717) is 28.4 Å².